The van der Waals surface area contributed by atoms with Crippen LogP contribution in [0.15, 0.2) is 30.5 Å². The Morgan fingerprint density at radius 1 is 1.20 bits per heavy atom. The van der Waals surface area contributed by atoms with E-state index in [9.17, 15) is 0 Å². The van der Waals surface area contributed by atoms with Crippen molar-refractivity contribution in [2.75, 3.05) is 17.2 Å². The Bertz CT molecular complexity index is 542. The average molecular weight is 292 g/mol. The minimum absolute atomic E-state index is 0.279. The van der Waals surface area contributed by atoms with Crippen LogP contribution >= 0.6 is 11.6 Å². The monoisotopic (exact) mass is 291 g/mol. The van der Waals surface area contributed by atoms with E-state index in [0.717, 1.165) is 23.8 Å². The number of rotatable bonds is 6. The van der Waals surface area contributed by atoms with E-state index in [1.165, 1.54) is 5.56 Å². The Kier molecular flexibility index (Phi) is 5.12. The van der Waals surface area contributed by atoms with Gasteiger partial charge in [-0.25, -0.2) is 0 Å². The van der Waals surface area contributed by atoms with Gasteiger partial charge in [0.25, 0.3) is 0 Å². The fraction of sp³-hybridized carbons (Fsp3) is 0.357. The second-order valence-electron chi connectivity index (χ2n) is 4.77. The van der Waals surface area contributed by atoms with Crippen LogP contribution in [0.1, 0.15) is 19.4 Å². The standard InChI is InChI=1S/C14H18ClN5/c1-10(2)18-14-19-13(9-17-20-14)16-8-7-11-3-5-12(15)6-4-11/h3-6,9-10H,7-8H2,1-2H3,(H2,16,18,19,20). The van der Waals surface area contributed by atoms with Crippen LogP contribution in [-0.4, -0.2) is 27.8 Å². The van der Waals surface area contributed by atoms with Gasteiger partial charge in [0, 0.05) is 17.6 Å². The highest BCUT2D eigenvalue weighted by Crippen LogP contribution is 2.10. The molecule has 5 nitrogen and oxygen atoms in total. The molecule has 1 aromatic heterocycles. The average Bonchev–Trinajstić information content (AvgIpc) is 2.41. The lowest BCUT2D eigenvalue weighted by molar-refractivity contribution is 0.849. The third-order valence-electron chi connectivity index (χ3n) is 2.61. The van der Waals surface area contributed by atoms with Gasteiger partial charge in [-0.1, -0.05) is 23.7 Å². The zero-order valence-corrected chi connectivity index (χ0v) is 12.4. The van der Waals surface area contributed by atoms with Gasteiger partial charge in [0.15, 0.2) is 5.82 Å². The quantitative estimate of drug-likeness (QED) is 0.856. The topological polar surface area (TPSA) is 62.7 Å². The number of anilines is 2. The first-order valence-corrected chi connectivity index (χ1v) is 6.96. The first-order chi connectivity index (χ1) is 9.63. The first-order valence-electron chi connectivity index (χ1n) is 6.58. The Hall–Kier alpha value is -1.88. The van der Waals surface area contributed by atoms with Crippen molar-refractivity contribution in [2.45, 2.75) is 26.3 Å². The molecule has 106 valence electrons. The smallest absolute Gasteiger partial charge is 0.244 e. The van der Waals surface area contributed by atoms with E-state index in [0.29, 0.717) is 5.95 Å². The molecular weight excluding hydrogens is 274 g/mol. The predicted molar refractivity (Wildman–Crippen MR) is 82.2 cm³/mol. The van der Waals surface area contributed by atoms with Gasteiger partial charge < -0.3 is 10.6 Å². The molecule has 0 aliphatic rings. The number of aromatic nitrogens is 3. The molecule has 0 saturated heterocycles. The number of hydrogen-bond acceptors (Lipinski definition) is 5. The summed E-state index contributed by atoms with van der Waals surface area (Å²) in [5, 5.41) is 15.0. The number of nitrogens with zero attached hydrogens (tertiary/aromatic N) is 3. The molecule has 20 heavy (non-hydrogen) atoms. The number of halogens is 1. The molecule has 6 heteroatoms. The fourth-order valence-electron chi connectivity index (χ4n) is 1.69. The van der Waals surface area contributed by atoms with Crippen LogP contribution in [0.2, 0.25) is 5.02 Å². The van der Waals surface area contributed by atoms with E-state index in [1.54, 1.807) is 6.20 Å². The molecule has 0 spiro atoms. The highest BCUT2D eigenvalue weighted by atomic mass is 35.5. The Morgan fingerprint density at radius 2 is 1.95 bits per heavy atom. The van der Waals surface area contributed by atoms with Crippen molar-refractivity contribution in [3.05, 3.63) is 41.0 Å². The molecule has 2 N–H and O–H groups in total. The van der Waals surface area contributed by atoms with E-state index in [4.69, 9.17) is 11.6 Å². The minimum atomic E-state index is 0.279. The van der Waals surface area contributed by atoms with Crippen LogP contribution in [0.4, 0.5) is 11.8 Å². The van der Waals surface area contributed by atoms with E-state index in [2.05, 4.69) is 25.8 Å². The van der Waals surface area contributed by atoms with Crippen molar-refractivity contribution in [1.29, 1.82) is 0 Å². The summed E-state index contributed by atoms with van der Waals surface area (Å²) in [6, 6.07) is 8.12. The lowest BCUT2D eigenvalue weighted by atomic mass is 10.1. The van der Waals surface area contributed by atoms with Crippen LogP contribution in [0.3, 0.4) is 0 Å². The molecule has 0 aliphatic heterocycles. The molecule has 0 aliphatic carbocycles. The van der Waals surface area contributed by atoms with Gasteiger partial charge in [0.05, 0.1) is 6.20 Å². The molecule has 0 bridgehead atoms. The van der Waals surface area contributed by atoms with Crippen molar-refractivity contribution in [3.8, 4) is 0 Å². The van der Waals surface area contributed by atoms with Crippen LogP contribution < -0.4 is 10.6 Å². The zero-order valence-electron chi connectivity index (χ0n) is 11.6. The third-order valence-corrected chi connectivity index (χ3v) is 2.86. The van der Waals surface area contributed by atoms with Gasteiger partial charge in [0.2, 0.25) is 5.95 Å². The Labute approximate surface area is 123 Å². The summed E-state index contributed by atoms with van der Waals surface area (Å²) in [6.07, 6.45) is 2.52. The summed E-state index contributed by atoms with van der Waals surface area (Å²) in [5.74, 6) is 1.26. The van der Waals surface area contributed by atoms with Crippen molar-refractivity contribution >= 4 is 23.4 Å². The summed E-state index contributed by atoms with van der Waals surface area (Å²) < 4.78 is 0. The Morgan fingerprint density at radius 3 is 2.65 bits per heavy atom. The van der Waals surface area contributed by atoms with Crippen molar-refractivity contribution in [1.82, 2.24) is 15.2 Å². The van der Waals surface area contributed by atoms with E-state index in [-0.39, 0.29) is 6.04 Å². The summed E-state index contributed by atoms with van der Waals surface area (Å²) in [7, 11) is 0. The summed E-state index contributed by atoms with van der Waals surface area (Å²) in [4.78, 5) is 4.34. The maximum atomic E-state index is 5.85. The predicted octanol–water partition coefficient (Wildman–Crippen LogP) is 3.00. The lowest BCUT2D eigenvalue weighted by Gasteiger charge is -2.09. The third kappa shape index (κ3) is 4.66. The van der Waals surface area contributed by atoms with Gasteiger partial charge in [-0.2, -0.15) is 10.1 Å². The van der Waals surface area contributed by atoms with Gasteiger partial charge >= 0.3 is 0 Å². The van der Waals surface area contributed by atoms with Gasteiger partial charge in [-0.15, -0.1) is 5.10 Å². The fourth-order valence-corrected chi connectivity index (χ4v) is 1.82. The van der Waals surface area contributed by atoms with E-state index < -0.39 is 0 Å². The summed E-state index contributed by atoms with van der Waals surface area (Å²) >= 11 is 5.85. The first kappa shape index (κ1) is 14.5. The molecule has 2 aromatic rings. The number of hydrogen-bond donors (Lipinski definition) is 2. The van der Waals surface area contributed by atoms with Crippen LogP contribution in [0.25, 0.3) is 0 Å². The van der Waals surface area contributed by atoms with Crippen LogP contribution in [0, 0.1) is 0 Å². The molecule has 0 unspecified atom stereocenters. The van der Waals surface area contributed by atoms with Crippen LogP contribution in [0.5, 0.6) is 0 Å². The molecule has 1 heterocycles. The number of benzene rings is 1. The molecule has 0 fully saturated rings. The van der Waals surface area contributed by atoms with Crippen molar-refractivity contribution < 1.29 is 0 Å². The van der Waals surface area contributed by atoms with Gasteiger partial charge in [0.1, 0.15) is 0 Å². The summed E-state index contributed by atoms with van der Waals surface area (Å²) in [6.45, 7) is 4.84. The molecule has 0 radical (unpaired) electrons. The summed E-state index contributed by atoms with van der Waals surface area (Å²) in [5.41, 5.74) is 1.23. The second kappa shape index (κ2) is 7.05. The normalized spacial score (nSPS) is 10.6. The molecule has 2 rings (SSSR count). The number of nitrogens with one attached hydrogen (secondary N) is 2. The van der Waals surface area contributed by atoms with Crippen LogP contribution in [-0.2, 0) is 6.42 Å². The van der Waals surface area contributed by atoms with E-state index in [1.807, 2.05) is 38.1 Å². The molecule has 0 atom stereocenters. The maximum absolute atomic E-state index is 5.85. The molecule has 1 aromatic carbocycles. The SMILES string of the molecule is CC(C)Nc1nncc(NCCc2ccc(Cl)cc2)n1. The van der Waals surface area contributed by atoms with Gasteiger partial charge in [-0.05, 0) is 38.0 Å². The zero-order chi connectivity index (χ0) is 14.4. The van der Waals surface area contributed by atoms with Crippen molar-refractivity contribution in [2.24, 2.45) is 0 Å². The van der Waals surface area contributed by atoms with Gasteiger partial charge in [-0.3, -0.25) is 0 Å². The molecular formula is C14H18ClN5. The molecule has 0 saturated carbocycles. The largest absolute Gasteiger partial charge is 0.368 e. The minimum Gasteiger partial charge on any atom is -0.368 e. The van der Waals surface area contributed by atoms with Crippen molar-refractivity contribution in [3.63, 3.8) is 0 Å². The maximum Gasteiger partial charge on any atom is 0.244 e. The Balaban J connectivity index is 1.86. The lowest BCUT2D eigenvalue weighted by Crippen LogP contribution is -2.14. The molecule has 0 amide bonds. The van der Waals surface area contributed by atoms with E-state index >= 15 is 0 Å². The highest BCUT2D eigenvalue weighted by molar-refractivity contribution is 6.30. The highest BCUT2D eigenvalue weighted by Gasteiger charge is 2.01. The second-order valence-corrected chi connectivity index (χ2v) is 5.20.